The van der Waals surface area contributed by atoms with Gasteiger partial charge in [0.05, 0.1) is 12.2 Å². The second-order valence-electron chi connectivity index (χ2n) is 6.30. The summed E-state index contributed by atoms with van der Waals surface area (Å²) in [5.74, 6) is 0.899. The topological polar surface area (TPSA) is 49.3 Å². The van der Waals surface area contributed by atoms with E-state index in [1.807, 2.05) is 13.1 Å². The first-order valence-corrected chi connectivity index (χ1v) is 9.57. The summed E-state index contributed by atoms with van der Waals surface area (Å²) in [5.41, 5.74) is 2.28. The van der Waals surface area contributed by atoms with E-state index in [9.17, 15) is 0 Å². The van der Waals surface area contributed by atoms with E-state index in [4.69, 9.17) is 4.98 Å². The molecule has 0 atom stereocenters. The van der Waals surface area contributed by atoms with Crippen molar-refractivity contribution >= 4 is 41.3 Å². The summed E-state index contributed by atoms with van der Waals surface area (Å²) in [6, 6.07) is 10.9. The lowest BCUT2D eigenvalue weighted by molar-refractivity contribution is 0.410. The van der Waals surface area contributed by atoms with Crippen molar-refractivity contribution in [2.24, 2.45) is 4.99 Å². The van der Waals surface area contributed by atoms with Crippen LogP contribution in [0, 0.1) is 6.92 Å². The van der Waals surface area contributed by atoms with Crippen molar-refractivity contribution in [2.45, 2.75) is 51.6 Å². The van der Waals surface area contributed by atoms with Crippen molar-refractivity contribution in [1.82, 2.24) is 15.6 Å². The fourth-order valence-corrected chi connectivity index (χ4v) is 4.10. The average Bonchev–Trinajstić information content (AvgIpc) is 3.01. The number of nitrogens with one attached hydrogen (secondary N) is 2. The van der Waals surface area contributed by atoms with Crippen LogP contribution in [0.1, 0.15) is 42.7 Å². The molecule has 0 radical (unpaired) electrons. The number of hydrogen-bond donors (Lipinski definition) is 2. The summed E-state index contributed by atoms with van der Waals surface area (Å²) in [6.07, 6.45) is 6.51. The van der Waals surface area contributed by atoms with Crippen molar-refractivity contribution in [3.8, 4) is 10.6 Å². The molecule has 0 bridgehead atoms. The molecule has 2 N–H and O–H groups in total. The Morgan fingerprint density at radius 3 is 2.60 bits per heavy atom. The van der Waals surface area contributed by atoms with Crippen molar-refractivity contribution < 1.29 is 0 Å². The molecular formula is C19H27IN4S. The molecule has 136 valence electrons. The smallest absolute Gasteiger partial charge is 0.191 e. The van der Waals surface area contributed by atoms with Crippen molar-refractivity contribution in [1.29, 1.82) is 0 Å². The zero-order chi connectivity index (χ0) is 16.8. The van der Waals surface area contributed by atoms with Gasteiger partial charge in [-0.15, -0.1) is 35.3 Å². The van der Waals surface area contributed by atoms with Gasteiger partial charge in [0.15, 0.2) is 5.96 Å². The minimum atomic E-state index is 0. The highest BCUT2D eigenvalue weighted by Gasteiger charge is 2.15. The van der Waals surface area contributed by atoms with E-state index >= 15 is 0 Å². The number of aromatic nitrogens is 1. The summed E-state index contributed by atoms with van der Waals surface area (Å²) < 4.78 is 0. The Morgan fingerprint density at radius 1 is 1.20 bits per heavy atom. The maximum atomic E-state index is 4.72. The Morgan fingerprint density at radius 2 is 1.92 bits per heavy atom. The monoisotopic (exact) mass is 470 g/mol. The van der Waals surface area contributed by atoms with Gasteiger partial charge in [-0.05, 0) is 19.8 Å². The zero-order valence-electron chi connectivity index (χ0n) is 14.9. The predicted molar refractivity (Wildman–Crippen MR) is 118 cm³/mol. The Kier molecular flexibility index (Phi) is 8.15. The van der Waals surface area contributed by atoms with Crippen LogP contribution in [0.4, 0.5) is 0 Å². The Bertz CT molecular complexity index is 678. The first kappa shape index (κ1) is 20.2. The van der Waals surface area contributed by atoms with Crippen LogP contribution in [0.25, 0.3) is 10.6 Å². The van der Waals surface area contributed by atoms with Gasteiger partial charge in [0, 0.05) is 23.5 Å². The van der Waals surface area contributed by atoms with Gasteiger partial charge >= 0.3 is 0 Å². The van der Waals surface area contributed by atoms with Crippen molar-refractivity contribution in [2.75, 3.05) is 7.05 Å². The van der Waals surface area contributed by atoms with Gasteiger partial charge < -0.3 is 10.6 Å². The highest BCUT2D eigenvalue weighted by atomic mass is 127. The predicted octanol–water partition coefficient (Wildman–Crippen LogP) is 4.73. The molecule has 2 aromatic rings. The molecule has 0 amide bonds. The highest BCUT2D eigenvalue weighted by Crippen LogP contribution is 2.27. The molecule has 0 spiro atoms. The van der Waals surface area contributed by atoms with E-state index in [2.05, 4.69) is 46.8 Å². The van der Waals surface area contributed by atoms with Gasteiger partial charge in [0.2, 0.25) is 0 Å². The maximum absolute atomic E-state index is 4.72. The Hall–Kier alpha value is -1.15. The number of benzene rings is 1. The van der Waals surface area contributed by atoms with Gasteiger partial charge in [0.25, 0.3) is 0 Å². The molecule has 1 aliphatic rings. The molecule has 4 nitrogen and oxygen atoms in total. The third-order valence-electron chi connectivity index (χ3n) is 4.50. The fourth-order valence-electron chi connectivity index (χ4n) is 3.10. The molecular weight excluding hydrogens is 443 g/mol. The number of aryl methyl sites for hydroxylation is 1. The van der Waals surface area contributed by atoms with Crippen molar-refractivity contribution in [3.05, 3.63) is 40.9 Å². The van der Waals surface area contributed by atoms with E-state index in [-0.39, 0.29) is 24.0 Å². The Balaban J connectivity index is 0.00000225. The average molecular weight is 470 g/mol. The third kappa shape index (κ3) is 5.67. The van der Waals surface area contributed by atoms with Gasteiger partial charge in [-0.25, -0.2) is 4.98 Å². The molecule has 1 fully saturated rings. The number of guanidine groups is 1. The second kappa shape index (κ2) is 10.1. The van der Waals surface area contributed by atoms with Gasteiger partial charge in [-0.2, -0.15) is 0 Å². The van der Waals surface area contributed by atoms with Crippen LogP contribution in [0.3, 0.4) is 0 Å². The van der Waals surface area contributed by atoms with Crippen LogP contribution >= 0.6 is 35.3 Å². The second-order valence-corrected chi connectivity index (χ2v) is 7.38. The summed E-state index contributed by atoms with van der Waals surface area (Å²) >= 11 is 1.75. The number of aliphatic imine (C=N–C) groups is 1. The van der Waals surface area contributed by atoms with Gasteiger partial charge in [-0.3, -0.25) is 4.99 Å². The molecule has 1 aliphatic carbocycles. The minimum absolute atomic E-state index is 0. The van der Waals surface area contributed by atoms with Gasteiger partial charge in [0.1, 0.15) is 5.01 Å². The summed E-state index contributed by atoms with van der Waals surface area (Å²) in [5, 5.41) is 8.09. The lowest BCUT2D eigenvalue weighted by atomic mass is 9.96. The van der Waals surface area contributed by atoms with Crippen LogP contribution in [0.15, 0.2) is 35.3 Å². The maximum Gasteiger partial charge on any atom is 0.191 e. The normalized spacial score (nSPS) is 15.5. The Labute approximate surface area is 171 Å². The van der Waals surface area contributed by atoms with E-state index in [1.165, 1.54) is 42.5 Å². The first-order chi connectivity index (χ1) is 11.8. The molecule has 1 aromatic heterocycles. The van der Waals surface area contributed by atoms with Gasteiger partial charge in [-0.1, -0.05) is 49.6 Å². The molecule has 25 heavy (non-hydrogen) atoms. The minimum Gasteiger partial charge on any atom is -0.354 e. The number of nitrogens with zero attached hydrogens (tertiary/aromatic N) is 2. The molecule has 1 aromatic carbocycles. The van der Waals surface area contributed by atoms with Crippen LogP contribution < -0.4 is 10.6 Å². The van der Waals surface area contributed by atoms with E-state index in [0.717, 1.165) is 23.2 Å². The molecule has 6 heteroatoms. The number of thiazole rings is 1. The summed E-state index contributed by atoms with van der Waals surface area (Å²) in [4.78, 5) is 10.4. The molecule has 0 unspecified atom stereocenters. The molecule has 1 heterocycles. The quantitative estimate of drug-likeness (QED) is 0.386. The lowest BCUT2D eigenvalue weighted by Gasteiger charge is -2.24. The fraction of sp³-hybridized carbons (Fsp3) is 0.474. The summed E-state index contributed by atoms with van der Waals surface area (Å²) in [7, 11) is 1.84. The number of hydrogen-bond acceptors (Lipinski definition) is 3. The largest absolute Gasteiger partial charge is 0.354 e. The van der Waals surface area contributed by atoms with E-state index in [0.29, 0.717) is 6.04 Å². The van der Waals surface area contributed by atoms with Crippen molar-refractivity contribution in [3.63, 3.8) is 0 Å². The lowest BCUT2D eigenvalue weighted by Crippen LogP contribution is -2.43. The van der Waals surface area contributed by atoms with E-state index < -0.39 is 0 Å². The van der Waals surface area contributed by atoms with Crippen LogP contribution in [0.2, 0.25) is 0 Å². The van der Waals surface area contributed by atoms with Crippen LogP contribution in [-0.4, -0.2) is 24.0 Å². The molecule has 1 saturated carbocycles. The molecule has 3 rings (SSSR count). The molecule has 0 aliphatic heterocycles. The SMILES string of the molecule is CN=C(NCc1sc(-c2ccccc2)nc1C)NC1CCCCC1.I. The standard InChI is InChI=1S/C19H26N4S.HI/c1-14-17(24-18(22-14)15-9-5-3-6-10-15)13-21-19(20-2)23-16-11-7-4-8-12-16;/h3,5-6,9-10,16H,4,7-8,11-13H2,1-2H3,(H2,20,21,23);1H. The molecule has 0 saturated heterocycles. The highest BCUT2D eigenvalue weighted by molar-refractivity contribution is 14.0. The summed E-state index contributed by atoms with van der Waals surface area (Å²) in [6.45, 7) is 2.85. The van der Waals surface area contributed by atoms with Crippen LogP contribution in [-0.2, 0) is 6.54 Å². The van der Waals surface area contributed by atoms with Crippen LogP contribution in [0.5, 0.6) is 0 Å². The number of rotatable bonds is 4. The number of halogens is 1. The third-order valence-corrected chi connectivity index (χ3v) is 5.71. The zero-order valence-corrected chi connectivity index (χ0v) is 18.1. The first-order valence-electron chi connectivity index (χ1n) is 8.75. The van der Waals surface area contributed by atoms with E-state index in [1.54, 1.807) is 11.3 Å².